The Labute approximate surface area is 159 Å². The first-order chi connectivity index (χ1) is 13.4. The SMILES string of the molecule is CN(C)C(=O)c1ccc(-c2cc(-c3ccnc4[nH]c(=O)[nH]c34)cnc2N)nc1. The van der Waals surface area contributed by atoms with Crippen LogP contribution >= 0.6 is 0 Å². The van der Waals surface area contributed by atoms with E-state index in [9.17, 15) is 9.59 Å². The minimum absolute atomic E-state index is 0.130. The summed E-state index contributed by atoms with van der Waals surface area (Å²) in [5.74, 6) is 0.185. The number of aromatic nitrogens is 5. The Morgan fingerprint density at radius 2 is 1.86 bits per heavy atom. The van der Waals surface area contributed by atoms with Gasteiger partial charge in [0.25, 0.3) is 5.91 Å². The predicted octanol–water partition coefficient (Wildman–Crippen LogP) is 1.66. The Kier molecular flexibility index (Phi) is 4.11. The van der Waals surface area contributed by atoms with Gasteiger partial charge in [-0.1, -0.05) is 0 Å². The number of carbonyl (C=O) groups is 1. The zero-order valence-electron chi connectivity index (χ0n) is 15.2. The lowest BCUT2D eigenvalue weighted by Crippen LogP contribution is -2.21. The van der Waals surface area contributed by atoms with Crippen molar-refractivity contribution in [2.24, 2.45) is 0 Å². The summed E-state index contributed by atoms with van der Waals surface area (Å²) in [4.78, 5) is 43.3. The van der Waals surface area contributed by atoms with E-state index in [0.717, 1.165) is 11.1 Å². The second-order valence-corrected chi connectivity index (χ2v) is 6.45. The Morgan fingerprint density at radius 3 is 2.57 bits per heavy atom. The predicted molar refractivity (Wildman–Crippen MR) is 106 cm³/mol. The second-order valence-electron chi connectivity index (χ2n) is 6.45. The van der Waals surface area contributed by atoms with Gasteiger partial charge in [-0.25, -0.2) is 14.8 Å². The third-order valence-corrected chi connectivity index (χ3v) is 4.34. The number of nitrogens with one attached hydrogen (secondary N) is 2. The highest BCUT2D eigenvalue weighted by atomic mass is 16.2. The Morgan fingerprint density at radius 1 is 1.04 bits per heavy atom. The molecule has 0 saturated heterocycles. The molecule has 0 fully saturated rings. The van der Waals surface area contributed by atoms with E-state index in [1.54, 1.807) is 44.7 Å². The van der Waals surface area contributed by atoms with E-state index in [-0.39, 0.29) is 11.6 Å². The van der Waals surface area contributed by atoms with Gasteiger partial charge < -0.3 is 15.6 Å². The second kappa shape index (κ2) is 6.62. The lowest BCUT2D eigenvalue weighted by atomic mass is 10.0. The number of amides is 1. The van der Waals surface area contributed by atoms with Crippen LogP contribution < -0.4 is 11.4 Å². The number of aromatic amines is 2. The van der Waals surface area contributed by atoms with Crippen LogP contribution in [0.1, 0.15) is 10.4 Å². The molecule has 4 heterocycles. The lowest BCUT2D eigenvalue weighted by molar-refractivity contribution is 0.0827. The fourth-order valence-corrected chi connectivity index (χ4v) is 2.94. The maximum Gasteiger partial charge on any atom is 0.325 e. The van der Waals surface area contributed by atoms with Crippen LogP contribution in [-0.2, 0) is 0 Å². The van der Waals surface area contributed by atoms with Crippen molar-refractivity contribution in [1.29, 1.82) is 0 Å². The van der Waals surface area contributed by atoms with E-state index in [4.69, 9.17) is 5.73 Å². The molecule has 0 radical (unpaired) electrons. The molecule has 1 amide bonds. The van der Waals surface area contributed by atoms with Crippen LogP contribution in [0.5, 0.6) is 0 Å². The largest absolute Gasteiger partial charge is 0.383 e. The van der Waals surface area contributed by atoms with Crippen molar-refractivity contribution in [3.63, 3.8) is 0 Å². The van der Waals surface area contributed by atoms with Crippen LogP contribution in [0.4, 0.5) is 5.82 Å². The molecule has 4 rings (SSSR count). The number of carbonyl (C=O) groups excluding carboxylic acids is 1. The number of H-pyrrole nitrogens is 2. The van der Waals surface area contributed by atoms with Gasteiger partial charge >= 0.3 is 5.69 Å². The quantitative estimate of drug-likeness (QED) is 0.499. The molecule has 140 valence electrons. The van der Waals surface area contributed by atoms with Crippen LogP contribution in [0, 0.1) is 0 Å². The molecule has 0 unspecified atom stereocenters. The van der Waals surface area contributed by atoms with Gasteiger partial charge in [0.05, 0.1) is 16.8 Å². The fraction of sp³-hybridized carbons (Fsp3) is 0.105. The molecule has 0 bridgehead atoms. The molecule has 4 aromatic heterocycles. The molecule has 4 N–H and O–H groups in total. The average molecular weight is 375 g/mol. The van der Waals surface area contributed by atoms with Crippen LogP contribution in [0.3, 0.4) is 0 Å². The molecule has 0 aliphatic heterocycles. The number of nitrogen functional groups attached to an aromatic ring is 1. The van der Waals surface area contributed by atoms with E-state index in [0.29, 0.717) is 33.8 Å². The molecular weight excluding hydrogens is 358 g/mol. The minimum Gasteiger partial charge on any atom is -0.383 e. The number of rotatable bonds is 3. The number of imidazole rings is 1. The molecule has 28 heavy (non-hydrogen) atoms. The van der Waals surface area contributed by atoms with Crippen molar-refractivity contribution in [1.82, 2.24) is 29.8 Å². The summed E-state index contributed by atoms with van der Waals surface area (Å²) in [7, 11) is 3.37. The van der Waals surface area contributed by atoms with Crippen molar-refractivity contribution in [3.8, 4) is 22.4 Å². The van der Waals surface area contributed by atoms with Gasteiger partial charge in [-0.3, -0.25) is 14.8 Å². The van der Waals surface area contributed by atoms with Gasteiger partial charge in [0.15, 0.2) is 5.65 Å². The summed E-state index contributed by atoms with van der Waals surface area (Å²) >= 11 is 0. The zero-order valence-corrected chi connectivity index (χ0v) is 15.2. The number of pyridine rings is 3. The fourth-order valence-electron chi connectivity index (χ4n) is 2.94. The van der Waals surface area contributed by atoms with Gasteiger partial charge in [0.2, 0.25) is 0 Å². The number of fused-ring (bicyclic) bond motifs is 1. The molecule has 9 heteroatoms. The molecule has 0 spiro atoms. The van der Waals surface area contributed by atoms with Gasteiger partial charge in [-0.15, -0.1) is 0 Å². The molecule has 9 nitrogen and oxygen atoms in total. The molecule has 0 atom stereocenters. The van der Waals surface area contributed by atoms with Crippen LogP contribution in [0.2, 0.25) is 0 Å². The smallest absolute Gasteiger partial charge is 0.325 e. The highest BCUT2D eigenvalue weighted by Gasteiger charge is 2.14. The standard InChI is InChI=1S/C19H17N7O2/c1-26(2)18(27)10-3-4-14(22-8-10)13-7-11(9-23-16(13)20)12-5-6-21-17-15(12)24-19(28)25-17/h3-9H,1-2H3,(H2,20,23)(H2,21,24,25,28). The summed E-state index contributed by atoms with van der Waals surface area (Å²) in [5, 5.41) is 0. The summed E-state index contributed by atoms with van der Waals surface area (Å²) in [5.41, 5.74) is 10.00. The number of hydrogen-bond donors (Lipinski definition) is 3. The lowest BCUT2D eigenvalue weighted by Gasteiger charge is -2.11. The molecule has 4 aromatic rings. The molecular formula is C19H17N7O2. The van der Waals surface area contributed by atoms with Crippen molar-refractivity contribution in [3.05, 3.63) is 58.9 Å². The Balaban J connectivity index is 1.79. The van der Waals surface area contributed by atoms with Crippen molar-refractivity contribution >= 4 is 22.9 Å². The summed E-state index contributed by atoms with van der Waals surface area (Å²) < 4.78 is 0. The van der Waals surface area contributed by atoms with Gasteiger partial charge in [-0.2, -0.15) is 0 Å². The van der Waals surface area contributed by atoms with Gasteiger partial charge in [0.1, 0.15) is 5.82 Å². The van der Waals surface area contributed by atoms with Crippen LogP contribution in [0.25, 0.3) is 33.5 Å². The van der Waals surface area contributed by atoms with Crippen LogP contribution in [0.15, 0.2) is 47.7 Å². The summed E-state index contributed by atoms with van der Waals surface area (Å²) in [6.07, 6.45) is 4.75. The Bertz CT molecular complexity index is 1240. The van der Waals surface area contributed by atoms with Crippen molar-refractivity contribution < 1.29 is 4.79 Å². The average Bonchev–Trinajstić information content (AvgIpc) is 3.08. The van der Waals surface area contributed by atoms with Crippen LogP contribution in [-0.4, -0.2) is 49.8 Å². The van der Waals surface area contributed by atoms with Gasteiger partial charge in [0, 0.05) is 49.4 Å². The molecule has 0 aliphatic rings. The summed E-state index contributed by atoms with van der Waals surface area (Å²) in [6.45, 7) is 0. The number of nitrogens with two attached hydrogens (primary N) is 1. The third kappa shape index (κ3) is 2.98. The first-order valence-electron chi connectivity index (χ1n) is 8.45. The number of anilines is 1. The summed E-state index contributed by atoms with van der Waals surface area (Å²) in [6, 6.07) is 7.06. The molecule has 0 aliphatic carbocycles. The van der Waals surface area contributed by atoms with Crippen molar-refractivity contribution in [2.45, 2.75) is 0 Å². The first-order valence-corrected chi connectivity index (χ1v) is 8.45. The van der Waals surface area contributed by atoms with E-state index in [1.165, 1.54) is 11.1 Å². The van der Waals surface area contributed by atoms with Gasteiger partial charge in [-0.05, 0) is 24.3 Å². The highest BCUT2D eigenvalue weighted by Crippen LogP contribution is 2.30. The number of hydrogen-bond acceptors (Lipinski definition) is 6. The molecule has 0 aromatic carbocycles. The topological polar surface area (TPSA) is 134 Å². The van der Waals surface area contributed by atoms with E-state index in [1.807, 2.05) is 6.07 Å². The molecule has 0 saturated carbocycles. The van der Waals surface area contributed by atoms with E-state index >= 15 is 0 Å². The monoisotopic (exact) mass is 375 g/mol. The third-order valence-electron chi connectivity index (χ3n) is 4.34. The first kappa shape index (κ1) is 17.4. The number of nitrogens with zero attached hydrogens (tertiary/aromatic N) is 4. The zero-order chi connectivity index (χ0) is 19.8. The maximum atomic E-state index is 12.0. The normalized spacial score (nSPS) is 10.9. The maximum absolute atomic E-state index is 12.0. The minimum atomic E-state index is -0.332. The Hall–Kier alpha value is -4.01. The van der Waals surface area contributed by atoms with Crippen molar-refractivity contribution in [2.75, 3.05) is 19.8 Å². The highest BCUT2D eigenvalue weighted by molar-refractivity contribution is 5.94. The van der Waals surface area contributed by atoms with E-state index < -0.39 is 0 Å². The van der Waals surface area contributed by atoms with E-state index in [2.05, 4.69) is 24.9 Å².